The number of hydrogen-bond donors (Lipinski definition) is 2. The SMILES string of the molecule is ClCCl.c1ccc(-c2c3[n-]c(c2-c2ccccc2)[C@H](c2ccccc2)c2[nH]c(c(-c4ccccc4)c2-c2ccccc2)[C+](c2ccccc2)c2[n-]c(c(-c4ccccc4)c2-c2ccccc2)[C@H](c2ccccc2)c2[nH]c(c(-c4ccccc4)c2-c2ccccc2)[C+]3c2ccccc2)cc1. The van der Waals surface area contributed by atoms with E-state index in [0.29, 0.717) is 0 Å². The van der Waals surface area contributed by atoms with Crippen LogP contribution in [0.1, 0.15) is 79.6 Å². The molecule has 0 spiro atoms. The number of fused-ring (bicyclic) bond motifs is 12. The van der Waals surface area contributed by atoms with E-state index >= 15 is 0 Å². The van der Waals surface area contributed by atoms with Gasteiger partial charge in [-0.25, -0.2) is 0 Å². The number of H-pyrrole nitrogens is 2. The van der Waals surface area contributed by atoms with Gasteiger partial charge in [-0.3, -0.25) is 0 Å². The average Bonchev–Trinajstić information content (AvgIpc) is 1.56. The first kappa shape index (κ1) is 61.9. The van der Waals surface area contributed by atoms with Crippen LogP contribution in [0.5, 0.6) is 0 Å². The number of aromatic nitrogens is 4. The van der Waals surface area contributed by atoms with Crippen molar-refractivity contribution in [2.75, 3.05) is 5.34 Å². The van der Waals surface area contributed by atoms with Crippen molar-refractivity contribution in [3.63, 3.8) is 0 Å². The van der Waals surface area contributed by atoms with E-state index in [1.807, 2.05) is 0 Å². The van der Waals surface area contributed by atoms with Crippen molar-refractivity contribution >= 4 is 23.2 Å². The van der Waals surface area contributed by atoms with E-state index in [0.717, 1.165) is 169 Å². The van der Waals surface area contributed by atoms with Crippen LogP contribution in [0.25, 0.3) is 89.0 Å². The molecular weight excluding hydrogens is 1240 g/mol. The fraction of sp³-hybridized carbons (Fsp3) is 0.0323. The van der Waals surface area contributed by atoms with E-state index in [-0.39, 0.29) is 5.34 Å². The number of aromatic amines is 2. The molecule has 8 bridgehead atoms. The third-order valence-corrected chi connectivity index (χ3v) is 19.0. The molecule has 0 aliphatic heterocycles. The fourth-order valence-corrected chi connectivity index (χ4v) is 15.0. The summed E-state index contributed by atoms with van der Waals surface area (Å²) in [5.74, 6) is 0.904. The largest absolute Gasteiger partial charge is 0.645 e. The first-order valence-corrected chi connectivity index (χ1v) is 34.7. The third-order valence-electron chi connectivity index (χ3n) is 19.0. The van der Waals surface area contributed by atoms with Gasteiger partial charge in [0.2, 0.25) is 0 Å². The lowest BCUT2D eigenvalue weighted by molar-refractivity contribution is 0.863. The van der Waals surface area contributed by atoms with Gasteiger partial charge >= 0.3 is 0 Å². The molecule has 1 aliphatic rings. The Balaban J connectivity index is 0.00000250. The van der Waals surface area contributed by atoms with E-state index in [1.54, 1.807) is 0 Å². The zero-order valence-corrected chi connectivity index (χ0v) is 55.7. The summed E-state index contributed by atoms with van der Waals surface area (Å²) in [5.41, 5.74) is 28.5. The lowest BCUT2D eigenvalue weighted by atomic mass is 9.79. The minimum Gasteiger partial charge on any atom is -0.645 e. The van der Waals surface area contributed by atoms with Gasteiger partial charge in [0.25, 0.3) is 0 Å². The second-order valence-electron chi connectivity index (χ2n) is 24.7. The molecule has 0 fully saturated rings. The van der Waals surface area contributed by atoms with Gasteiger partial charge in [-0.05, 0) is 130 Å². The Morgan fingerprint density at radius 2 is 0.444 bits per heavy atom. The predicted octanol–water partition coefficient (Wildman–Crippen LogP) is 23.7. The zero-order chi connectivity index (χ0) is 66.4. The molecule has 4 aromatic heterocycles. The van der Waals surface area contributed by atoms with Crippen molar-refractivity contribution in [1.82, 2.24) is 19.9 Å². The summed E-state index contributed by atoms with van der Waals surface area (Å²) in [7, 11) is 0. The van der Waals surface area contributed by atoms with E-state index in [9.17, 15) is 0 Å². The monoisotopic (exact) mass is 1310 g/mol. The van der Waals surface area contributed by atoms with E-state index in [2.05, 4.69) is 374 Å². The minimum atomic E-state index is -0.516. The second kappa shape index (κ2) is 28.0. The Kier molecular flexibility index (Phi) is 17.5. The van der Waals surface area contributed by atoms with Crippen LogP contribution < -0.4 is 9.97 Å². The van der Waals surface area contributed by atoms with Gasteiger partial charge in [-0.1, -0.05) is 255 Å². The molecule has 4 heterocycles. The van der Waals surface area contributed by atoms with Crippen LogP contribution >= 0.6 is 23.2 Å². The Hall–Kier alpha value is -11.9. The molecule has 16 aromatic rings. The van der Waals surface area contributed by atoms with Gasteiger partial charge in [0.15, 0.2) is 0 Å². The summed E-state index contributed by atoms with van der Waals surface area (Å²) >= 11 is 9.53. The van der Waals surface area contributed by atoms with Gasteiger partial charge < -0.3 is 19.9 Å². The van der Waals surface area contributed by atoms with Gasteiger partial charge in [-0.2, -0.15) is 0 Å². The summed E-state index contributed by atoms with van der Waals surface area (Å²) in [4.78, 5) is 22.1. The molecule has 99 heavy (non-hydrogen) atoms. The highest BCUT2D eigenvalue weighted by molar-refractivity contribution is 6.40. The topological polar surface area (TPSA) is 59.8 Å². The first-order chi connectivity index (χ1) is 49.1. The van der Waals surface area contributed by atoms with Crippen LogP contribution in [0, 0.1) is 11.8 Å². The van der Waals surface area contributed by atoms with E-state index < -0.39 is 11.8 Å². The van der Waals surface area contributed by atoms with Gasteiger partial charge in [-0.15, -0.1) is 34.6 Å². The minimum absolute atomic E-state index is 0.194. The Morgan fingerprint density at radius 3 is 0.697 bits per heavy atom. The molecule has 0 amide bonds. The van der Waals surface area contributed by atoms with Crippen molar-refractivity contribution in [1.29, 1.82) is 0 Å². The fourth-order valence-electron chi connectivity index (χ4n) is 15.0. The number of rotatable bonds is 12. The summed E-state index contributed by atoms with van der Waals surface area (Å²) in [6.45, 7) is 0. The van der Waals surface area contributed by atoms with Gasteiger partial charge in [0.05, 0.1) is 39.4 Å². The molecule has 0 radical (unpaired) electrons. The van der Waals surface area contributed by atoms with E-state index in [1.165, 1.54) is 0 Å². The van der Waals surface area contributed by atoms with Gasteiger partial charge in [0.1, 0.15) is 11.4 Å². The van der Waals surface area contributed by atoms with Crippen LogP contribution in [-0.2, 0) is 0 Å². The number of hydrogen-bond acceptors (Lipinski definition) is 0. The standard InChI is InChI=1S/C92H64N4.CH2Cl2/c1-13-37-61(38-14-1)73-74(62-39-15-2-16-40-62)86-82(70-55-31-10-32-56-70)88-77(65-45-21-5-22-46-65)78(66-47-23-6-24-48-66)90(95-88)84(72-59-35-12-36-60-72)92-80(68-51-27-8-28-52-68)79(67-49-25-7-26-50-67)91(96-92)83(71-57-33-11-34-58-71)89-76(64-43-19-4-20-44-64)75(63-41-17-3-18-42-63)87(94-89)81(85(73)93-86)69-53-29-9-30-54-69;2-1-3/h1-60,81,84,93,96H;1H2/t81-,84+;/m1./s1. The zero-order valence-electron chi connectivity index (χ0n) is 54.2. The maximum absolute atomic E-state index is 6.53. The molecule has 17 rings (SSSR count). The molecule has 472 valence electrons. The second-order valence-corrected chi connectivity index (χ2v) is 25.5. The molecular formula is C93H66Cl2N4. The molecule has 0 saturated heterocycles. The van der Waals surface area contributed by atoms with E-state index in [4.69, 9.17) is 33.2 Å². The lowest BCUT2D eigenvalue weighted by Crippen LogP contribution is -2.14. The van der Waals surface area contributed by atoms with Crippen molar-refractivity contribution in [2.45, 2.75) is 11.8 Å². The Morgan fingerprint density at radius 1 is 0.242 bits per heavy atom. The van der Waals surface area contributed by atoms with Crippen LogP contribution in [0.15, 0.2) is 364 Å². The molecule has 0 saturated carbocycles. The third kappa shape index (κ3) is 11.7. The average molecular weight is 1310 g/mol. The van der Waals surface area contributed by atoms with Gasteiger partial charge in [0, 0.05) is 103 Å². The molecule has 2 atom stereocenters. The maximum atomic E-state index is 6.53. The number of halogens is 2. The highest BCUT2D eigenvalue weighted by Crippen LogP contribution is 2.57. The molecule has 2 N–H and O–H groups in total. The molecule has 6 heteroatoms. The first-order valence-electron chi connectivity index (χ1n) is 33.6. The Bertz CT molecular complexity index is 4390. The quantitative estimate of drug-likeness (QED) is 0.0946. The van der Waals surface area contributed by atoms with Crippen LogP contribution in [0.3, 0.4) is 0 Å². The normalized spacial score (nSPS) is 13.4. The summed E-state index contributed by atoms with van der Waals surface area (Å²) in [6.07, 6.45) is 0. The van der Waals surface area contributed by atoms with Crippen molar-refractivity contribution < 1.29 is 0 Å². The molecule has 1 aliphatic carbocycles. The number of benzene rings is 12. The summed E-state index contributed by atoms with van der Waals surface area (Å²) in [6, 6.07) is 132. The van der Waals surface area contributed by atoms with Crippen molar-refractivity contribution in [2.24, 2.45) is 0 Å². The molecule has 12 aromatic carbocycles. The number of nitrogens with one attached hydrogen (secondary N) is 2. The number of nitrogens with zero attached hydrogens (tertiary/aromatic N) is 2. The number of alkyl halides is 2. The molecule has 4 nitrogen and oxygen atoms in total. The van der Waals surface area contributed by atoms with Crippen LogP contribution in [-0.4, -0.2) is 15.3 Å². The van der Waals surface area contributed by atoms with Crippen molar-refractivity contribution in [3.05, 3.63) is 444 Å². The smallest absolute Gasteiger partial charge is 0.122 e. The lowest BCUT2D eigenvalue weighted by Gasteiger charge is -2.27. The highest BCUT2D eigenvalue weighted by Gasteiger charge is 2.42. The highest BCUT2D eigenvalue weighted by atomic mass is 35.5. The molecule has 0 unspecified atom stereocenters. The summed E-state index contributed by atoms with van der Waals surface area (Å²) < 4.78 is 0. The van der Waals surface area contributed by atoms with Crippen molar-refractivity contribution in [3.8, 4) is 89.0 Å². The van der Waals surface area contributed by atoms with Crippen LogP contribution in [0.4, 0.5) is 0 Å². The summed E-state index contributed by atoms with van der Waals surface area (Å²) in [5, 5.41) is 0.194. The Labute approximate surface area is 589 Å². The predicted molar refractivity (Wildman–Crippen MR) is 410 cm³/mol. The van der Waals surface area contributed by atoms with Crippen LogP contribution in [0.2, 0.25) is 0 Å². The maximum Gasteiger partial charge on any atom is 0.122 e.